The Morgan fingerprint density at radius 2 is 2.15 bits per heavy atom. The summed E-state index contributed by atoms with van der Waals surface area (Å²) in [5.41, 5.74) is 0.904. The van der Waals surface area contributed by atoms with E-state index in [9.17, 15) is 4.79 Å². The molecule has 0 aliphatic rings. The number of anilines is 1. The van der Waals surface area contributed by atoms with Crippen LogP contribution >= 0.6 is 0 Å². The van der Waals surface area contributed by atoms with E-state index in [1.807, 2.05) is 32.9 Å². The van der Waals surface area contributed by atoms with E-state index in [-0.39, 0.29) is 11.8 Å². The number of nitrogens with zero attached hydrogens (tertiary/aromatic N) is 1. The molecule has 3 heteroatoms. The van der Waals surface area contributed by atoms with E-state index in [4.69, 9.17) is 0 Å². The van der Waals surface area contributed by atoms with Gasteiger partial charge in [0.15, 0.2) is 0 Å². The normalized spacial score (nSPS) is 10.2. The highest BCUT2D eigenvalue weighted by Gasteiger charge is 2.06. The van der Waals surface area contributed by atoms with Crippen molar-refractivity contribution in [1.82, 2.24) is 4.98 Å². The van der Waals surface area contributed by atoms with Crippen LogP contribution in [0, 0.1) is 12.8 Å². The van der Waals surface area contributed by atoms with Crippen LogP contribution in [-0.4, -0.2) is 10.9 Å². The minimum atomic E-state index is -0.0117. The maximum Gasteiger partial charge on any atom is 0.228 e. The van der Waals surface area contributed by atoms with E-state index in [2.05, 4.69) is 10.3 Å². The summed E-state index contributed by atoms with van der Waals surface area (Å²) in [5.74, 6) is 0.610. The van der Waals surface area contributed by atoms with Gasteiger partial charge < -0.3 is 5.32 Å². The molecule has 3 nitrogen and oxygen atoms in total. The van der Waals surface area contributed by atoms with Gasteiger partial charge in [0, 0.05) is 11.6 Å². The van der Waals surface area contributed by atoms with Gasteiger partial charge in [-0.1, -0.05) is 19.9 Å². The summed E-state index contributed by atoms with van der Waals surface area (Å²) >= 11 is 0. The molecular formula is C10H14N2O. The van der Waals surface area contributed by atoms with Gasteiger partial charge in [0.05, 0.1) is 0 Å². The van der Waals surface area contributed by atoms with E-state index < -0.39 is 0 Å². The van der Waals surface area contributed by atoms with Crippen molar-refractivity contribution in [1.29, 1.82) is 0 Å². The van der Waals surface area contributed by atoms with E-state index >= 15 is 0 Å². The Morgan fingerprint density at radius 3 is 2.69 bits per heavy atom. The number of hydrogen-bond acceptors (Lipinski definition) is 2. The van der Waals surface area contributed by atoms with Gasteiger partial charge in [-0.25, -0.2) is 4.98 Å². The Labute approximate surface area is 78.2 Å². The summed E-state index contributed by atoms with van der Waals surface area (Å²) in [6.07, 6.45) is 0. The van der Waals surface area contributed by atoms with Gasteiger partial charge in [-0.2, -0.15) is 0 Å². The lowest BCUT2D eigenvalue weighted by molar-refractivity contribution is -0.118. The Bertz CT molecular complexity index is 308. The Balaban J connectivity index is 2.69. The molecule has 0 aromatic carbocycles. The van der Waals surface area contributed by atoms with Crippen molar-refractivity contribution >= 4 is 11.7 Å². The molecule has 1 amide bonds. The fraction of sp³-hybridized carbons (Fsp3) is 0.400. The number of nitrogens with one attached hydrogen (secondary N) is 1. The molecule has 1 heterocycles. The van der Waals surface area contributed by atoms with E-state index in [0.29, 0.717) is 5.82 Å². The van der Waals surface area contributed by atoms with Gasteiger partial charge in [-0.3, -0.25) is 4.79 Å². The molecule has 1 aromatic heterocycles. The van der Waals surface area contributed by atoms with Crippen molar-refractivity contribution < 1.29 is 4.79 Å². The lowest BCUT2D eigenvalue weighted by Gasteiger charge is -2.06. The summed E-state index contributed by atoms with van der Waals surface area (Å²) in [4.78, 5) is 15.4. The standard InChI is InChI=1S/C10H14N2O/c1-7(2)10(13)12-9-6-4-5-8(3)11-9/h4-7H,1-3H3,(H,11,12,13). The first-order valence-electron chi connectivity index (χ1n) is 4.34. The lowest BCUT2D eigenvalue weighted by atomic mass is 10.2. The monoisotopic (exact) mass is 178 g/mol. The molecule has 1 aromatic rings. The molecule has 0 fully saturated rings. The molecule has 0 bridgehead atoms. The van der Waals surface area contributed by atoms with Crippen molar-refractivity contribution in [3.8, 4) is 0 Å². The zero-order valence-electron chi connectivity index (χ0n) is 8.16. The van der Waals surface area contributed by atoms with Gasteiger partial charge in [-0.15, -0.1) is 0 Å². The minimum Gasteiger partial charge on any atom is -0.310 e. The second-order valence-electron chi connectivity index (χ2n) is 3.31. The third-order valence-corrected chi connectivity index (χ3v) is 1.66. The summed E-state index contributed by atoms with van der Waals surface area (Å²) < 4.78 is 0. The Morgan fingerprint density at radius 1 is 1.46 bits per heavy atom. The van der Waals surface area contributed by atoms with Crippen LogP contribution in [0.4, 0.5) is 5.82 Å². The molecular weight excluding hydrogens is 164 g/mol. The van der Waals surface area contributed by atoms with Gasteiger partial charge in [0.2, 0.25) is 5.91 Å². The van der Waals surface area contributed by atoms with Crippen LogP contribution in [0.25, 0.3) is 0 Å². The third kappa shape index (κ3) is 2.86. The fourth-order valence-electron chi connectivity index (χ4n) is 0.883. The number of aryl methyl sites for hydroxylation is 1. The zero-order chi connectivity index (χ0) is 9.84. The van der Waals surface area contributed by atoms with Crippen LogP contribution in [0.2, 0.25) is 0 Å². The Kier molecular flexibility index (Phi) is 3.01. The molecule has 0 saturated heterocycles. The first kappa shape index (κ1) is 9.71. The van der Waals surface area contributed by atoms with Gasteiger partial charge in [-0.05, 0) is 19.1 Å². The largest absolute Gasteiger partial charge is 0.310 e. The fourth-order valence-corrected chi connectivity index (χ4v) is 0.883. The lowest BCUT2D eigenvalue weighted by Crippen LogP contribution is -2.18. The molecule has 0 radical (unpaired) electrons. The van der Waals surface area contributed by atoms with Gasteiger partial charge in [0.25, 0.3) is 0 Å². The average molecular weight is 178 g/mol. The van der Waals surface area contributed by atoms with Crippen molar-refractivity contribution in [2.75, 3.05) is 5.32 Å². The zero-order valence-corrected chi connectivity index (χ0v) is 8.16. The smallest absolute Gasteiger partial charge is 0.228 e. The van der Waals surface area contributed by atoms with Gasteiger partial charge >= 0.3 is 0 Å². The van der Waals surface area contributed by atoms with E-state index in [1.54, 1.807) is 6.07 Å². The van der Waals surface area contributed by atoms with Crippen molar-refractivity contribution in [2.45, 2.75) is 20.8 Å². The topological polar surface area (TPSA) is 42.0 Å². The quantitative estimate of drug-likeness (QED) is 0.752. The maximum absolute atomic E-state index is 11.3. The molecule has 0 aliphatic carbocycles. The molecule has 1 N–H and O–H groups in total. The van der Waals surface area contributed by atoms with Crippen molar-refractivity contribution in [3.05, 3.63) is 23.9 Å². The Hall–Kier alpha value is -1.38. The third-order valence-electron chi connectivity index (χ3n) is 1.66. The van der Waals surface area contributed by atoms with Crippen LogP contribution in [0.15, 0.2) is 18.2 Å². The first-order valence-corrected chi connectivity index (χ1v) is 4.34. The molecule has 1 rings (SSSR count). The number of rotatable bonds is 2. The van der Waals surface area contributed by atoms with E-state index in [0.717, 1.165) is 5.69 Å². The number of pyridine rings is 1. The second kappa shape index (κ2) is 4.03. The molecule has 0 aliphatic heterocycles. The number of hydrogen-bond donors (Lipinski definition) is 1. The summed E-state index contributed by atoms with van der Waals surface area (Å²) in [6, 6.07) is 5.55. The number of carbonyl (C=O) groups is 1. The van der Waals surface area contributed by atoms with Gasteiger partial charge in [0.1, 0.15) is 5.82 Å². The molecule has 13 heavy (non-hydrogen) atoms. The van der Waals surface area contributed by atoms with Crippen molar-refractivity contribution in [2.24, 2.45) is 5.92 Å². The summed E-state index contributed by atoms with van der Waals surface area (Å²) in [6.45, 7) is 5.60. The van der Waals surface area contributed by atoms with Crippen LogP contribution in [0.3, 0.4) is 0 Å². The molecule has 0 unspecified atom stereocenters. The molecule has 0 saturated carbocycles. The predicted octanol–water partition coefficient (Wildman–Crippen LogP) is 1.98. The number of carbonyl (C=O) groups excluding carboxylic acids is 1. The summed E-state index contributed by atoms with van der Waals surface area (Å²) in [7, 11) is 0. The second-order valence-corrected chi connectivity index (χ2v) is 3.31. The van der Waals surface area contributed by atoms with Crippen LogP contribution in [-0.2, 0) is 4.79 Å². The SMILES string of the molecule is Cc1cccc(NC(=O)C(C)C)n1. The van der Waals surface area contributed by atoms with Crippen LogP contribution in [0.5, 0.6) is 0 Å². The minimum absolute atomic E-state index is 0.00176. The average Bonchev–Trinajstić information content (AvgIpc) is 2.04. The maximum atomic E-state index is 11.3. The molecule has 0 spiro atoms. The van der Waals surface area contributed by atoms with Crippen LogP contribution in [0.1, 0.15) is 19.5 Å². The van der Waals surface area contributed by atoms with E-state index in [1.165, 1.54) is 0 Å². The highest BCUT2D eigenvalue weighted by molar-refractivity contribution is 5.91. The summed E-state index contributed by atoms with van der Waals surface area (Å²) in [5, 5.41) is 2.73. The highest BCUT2D eigenvalue weighted by Crippen LogP contribution is 2.05. The molecule has 0 atom stereocenters. The molecule has 70 valence electrons. The predicted molar refractivity (Wildman–Crippen MR) is 52.4 cm³/mol. The highest BCUT2D eigenvalue weighted by atomic mass is 16.1. The van der Waals surface area contributed by atoms with Crippen LogP contribution < -0.4 is 5.32 Å². The number of amides is 1. The first-order chi connectivity index (χ1) is 6.09. The number of aromatic nitrogens is 1. The van der Waals surface area contributed by atoms with Crippen molar-refractivity contribution in [3.63, 3.8) is 0 Å².